The SMILES string of the molecule is C=CCCC(=C)/C1=C/C(C2=CCCC=C2)=NCC(C)(c2ccccc2)/C(C(C=C)CCC)=N\N1. The van der Waals surface area contributed by atoms with Gasteiger partial charge in [-0.15, -0.1) is 13.2 Å². The maximum absolute atomic E-state index is 5.24. The van der Waals surface area contributed by atoms with Crippen LogP contribution in [-0.4, -0.2) is 18.0 Å². The van der Waals surface area contributed by atoms with Crippen LogP contribution in [0.4, 0.5) is 0 Å². The molecule has 3 rings (SSSR count). The number of hydrogen-bond donors (Lipinski definition) is 1. The van der Waals surface area contributed by atoms with E-state index >= 15 is 0 Å². The maximum atomic E-state index is 5.24. The van der Waals surface area contributed by atoms with Crippen molar-refractivity contribution in [2.75, 3.05) is 6.54 Å². The fourth-order valence-electron chi connectivity index (χ4n) is 4.57. The van der Waals surface area contributed by atoms with Crippen LogP contribution in [0.2, 0.25) is 0 Å². The van der Waals surface area contributed by atoms with Gasteiger partial charge >= 0.3 is 0 Å². The zero-order valence-electron chi connectivity index (χ0n) is 20.9. The fraction of sp³-hybridized carbons (Fsp3) is 0.355. The van der Waals surface area contributed by atoms with Gasteiger partial charge in [0.25, 0.3) is 0 Å². The van der Waals surface area contributed by atoms with E-state index < -0.39 is 0 Å². The quantitative estimate of drug-likeness (QED) is 0.363. The van der Waals surface area contributed by atoms with Crippen LogP contribution in [0.15, 0.2) is 113 Å². The summed E-state index contributed by atoms with van der Waals surface area (Å²) in [7, 11) is 0. The van der Waals surface area contributed by atoms with Gasteiger partial charge in [0.2, 0.25) is 0 Å². The number of nitrogens with one attached hydrogen (secondary N) is 1. The lowest BCUT2D eigenvalue weighted by molar-refractivity contribution is 0.586. The Morgan fingerprint density at radius 1 is 1.21 bits per heavy atom. The van der Waals surface area contributed by atoms with Crippen molar-refractivity contribution in [3.63, 3.8) is 0 Å². The molecule has 0 amide bonds. The molecule has 0 bridgehead atoms. The normalized spacial score (nSPS) is 24.4. The summed E-state index contributed by atoms with van der Waals surface area (Å²) in [5.74, 6) is 0.149. The molecular formula is C31H39N3. The lowest BCUT2D eigenvalue weighted by atomic mass is 9.72. The summed E-state index contributed by atoms with van der Waals surface area (Å²) in [6.07, 6.45) is 18.6. The molecular weight excluding hydrogens is 414 g/mol. The van der Waals surface area contributed by atoms with Crippen molar-refractivity contribution >= 4 is 11.4 Å². The first kappa shape index (κ1) is 25.4. The molecule has 2 atom stereocenters. The Hall–Kier alpha value is -3.20. The minimum absolute atomic E-state index is 0.149. The number of benzene rings is 1. The van der Waals surface area contributed by atoms with Crippen molar-refractivity contribution < 1.29 is 0 Å². The Balaban J connectivity index is 2.17. The molecule has 1 aliphatic carbocycles. The van der Waals surface area contributed by atoms with E-state index in [2.05, 4.69) is 93.6 Å². The lowest BCUT2D eigenvalue weighted by Crippen LogP contribution is -2.41. The zero-order valence-corrected chi connectivity index (χ0v) is 20.9. The average molecular weight is 454 g/mol. The van der Waals surface area contributed by atoms with Gasteiger partial charge in [0.05, 0.1) is 29.1 Å². The summed E-state index contributed by atoms with van der Waals surface area (Å²) in [5, 5.41) is 5.08. The van der Waals surface area contributed by atoms with Crippen molar-refractivity contribution in [2.24, 2.45) is 16.0 Å². The molecule has 0 aromatic heterocycles. The molecule has 34 heavy (non-hydrogen) atoms. The molecule has 2 unspecified atom stereocenters. The largest absolute Gasteiger partial charge is 0.283 e. The molecule has 3 heteroatoms. The Morgan fingerprint density at radius 2 is 2.00 bits per heavy atom. The average Bonchev–Trinajstić information content (AvgIpc) is 2.95. The zero-order chi connectivity index (χ0) is 24.4. The van der Waals surface area contributed by atoms with Crippen LogP contribution >= 0.6 is 0 Å². The third kappa shape index (κ3) is 6.02. The highest BCUT2D eigenvalue weighted by Gasteiger charge is 2.37. The number of rotatable bonds is 10. The van der Waals surface area contributed by atoms with Crippen LogP contribution in [0.25, 0.3) is 0 Å². The molecule has 178 valence electrons. The van der Waals surface area contributed by atoms with Crippen LogP contribution in [0.1, 0.15) is 57.9 Å². The molecule has 0 saturated heterocycles. The highest BCUT2D eigenvalue weighted by atomic mass is 15.3. The highest BCUT2D eigenvalue weighted by molar-refractivity contribution is 6.11. The van der Waals surface area contributed by atoms with Crippen LogP contribution in [0.3, 0.4) is 0 Å². The third-order valence-corrected chi connectivity index (χ3v) is 6.68. The van der Waals surface area contributed by atoms with E-state index in [1.807, 2.05) is 12.2 Å². The second-order valence-electron chi connectivity index (χ2n) is 9.27. The van der Waals surface area contributed by atoms with E-state index in [-0.39, 0.29) is 11.3 Å². The highest BCUT2D eigenvalue weighted by Crippen LogP contribution is 2.33. The predicted octanol–water partition coefficient (Wildman–Crippen LogP) is 7.63. The van der Waals surface area contributed by atoms with Gasteiger partial charge in [-0.2, -0.15) is 5.10 Å². The van der Waals surface area contributed by atoms with E-state index in [0.29, 0.717) is 6.54 Å². The number of allylic oxidation sites excluding steroid dienone is 8. The van der Waals surface area contributed by atoms with Gasteiger partial charge in [-0.1, -0.05) is 80.6 Å². The Kier molecular flexibility index (Phi) is 9.21. The molecule has 1 aromatic rings. The molecule has 0 spiro atoms. The van der Waals surface area contributed by atoms with Crippen molar-refractivity contribution in [2.45, 2.75) is 57.8 Å². The molecule has 0 radical (unpaired) electrons. The van der Waals surface area contributed by atoms with Gasteiger partial charge in [-0.3, -0.25) is 10.4 Å². The van der Waals surface area contributed by atoms with Crippen molar-refractivity contribution in [3.8, 4) is 0 Å². The first-order valence-electron chi connectivity index (χ1n) is 12.5. The number of aliphatic imine (C=N–C) groups is 1. The molecule has 3 nitrogen and oxygen atoms in total. The van der Waals surface area contributed by atoms with Crippen LogP contribution in [0.5, 0.6) is 0 Å². The van der Waals surface area contributed by atoms with E-state index in [1.54, 1.807) is 0 Å². The Morgan fingerprint density at radius 3 is 2.65 bits per heavy atom. The summed E-state index contributed by atoms with van der Waals surface area (Å²) in [5.41, 5.74) is 9.38. The minimum atomic E-state index is -0.377. The molecule has 1 aromatic carbocycles. The summed E-state index contributed by atoms with van der Waals surface area (Å²) in [6, 6.07) is 10.6. The van der Waals surface area contributed by atoms with Crippen molar-refractivity contribution in [1.29, 1.82) is 0 Å². The smallest absolute Gasteiger partial charge is 0.0665 e. The van der Waals surface area contributed by atoms with Crippen molar-refractivity contribution in [1.82, 2.24) is 5.43 Å². The van der Waals surface area contributed by atoms with Gasteiger partial charge in [0.1, 0.15) is 0 Å². The fourth-order valence-corrected chi connectivity index (χ4v) is 4.57. The Bertz CT molecular complexity index is 1040. The van der Waals surface area contributed by atoms with E-state index in [4.69, 9.17) is 10.1 Å². The van der Waals surface area contributed by atoms with Gasteiger partial charge in [0.15, 0.2) is 0 Å². The van der Waals surface area contributed by atoms with E-state index in [9.17, 15) is 0 Å². The number of nitrogens with zero attached hydrogens (tertiary/aromatic N) is 2. The number of hydrazone groups is 1. The van der Waals surface area contributed by atoms with E-state index in [1.165, 1.54) is 5.56 Å². The minimum Gasteiger partial charge on any atom is -0.283 e. The first-order valence-corrected chi connectivity index (χ1v) is 12.5. The molecule has 2 aliphatic rings. The second-order valence-corrected chi connectivity index (χ2v) is 9.27. The second kappa shape index (κ2) is 12.3. The predicted molar refractivity (Wildman–Crippen MR) is 148 cm³/mol. The maximum Gasteiger partial charge on any atom is 0.0665 e. The van der Waals surface area contributed by atoms with Gasteiger partial charge in [-0.25, -0.2) is 0 Å². The summed E-state index contributed by atoms with van der Waals surface area (Å²) in [4.78, 5) is 5.24. The molecule has 0 saturated carbocycles. The molecule has 1 N–H and O–H groups in total. The van der Waals surface area contributed by atoms with Crippen LogP contribution in [-0.2, 0) is 5.41 Å². The molecule has 1 heterocycles. The lowest BCUT2D eigenvalue weighted by Gasteiger charge is -2.34. The molecule has 1 aliphatic heterocycles. The standard InChI is InChI=1S/C31H39N3/c1-6-9-17-24(4)28-22-29(26-18-12-10-13-19-26)32-23-31(5,27-20-14-11-15-21-27)30(34-33-28)25(8-3)16-7-2/h6,8,11-12,14-15,18-22,25,33H,1,3-4,7,9-10,13,16-17,23H2,2,5H3/b28-22-,32-29?,34-30-. The van der Waals surface area contributed by atoms with Crippen LogP contribution < -0.4 is 5.43 Å². The van der Waals surface area contributed by atoms with E-state index in [0.717, 1.165) is 66.8 Å². The third-order valence-electron chi connectivity index (χ3n) is 6.68. The topological polar surface area (TPSA) is 36.8 Å². The van der Waals surface area contributed by atoms with Gasteiger partial charge in [-0.05, 0) is 61.8 Å². The number of hydrogen-bond acceptors (Lipinski definition) is 3. The van der Waals surface area contributed by atoms with Gasteiger partial charge < -0.3 is 0 Å². The van der Waals surface area contributed by atoms with Gasteiger partial charge in [0, 0.05) is 5.92 Å². The molecule has 0 fully saturated rings. The Labute approximate surface area is 206 Å². The van der Waals surface area contributed by atoms with Crippen LogP contribution in [0, 0.1) is 5.92 Å². The summed E-state index contributed by atoms with van der Waals surface area (Å²) < 4.78 is 0. The first-order chi connectivity index (χ1) is 16.5. The summed E-state index contributed by atoms with van der Waals surface area (Å²) >= 11 is 0. The summed E-state index contributed by atoms with van der Waals surface area (Å²) in [6.45, 7) is 17.5. The monoisotopic (exact) mass is 453 g/mol. The van der Waals surface area contributed by atoms with Crippen molar-refractivity contribution in [3.05, 3.63) is 109 Å².